The highest BCUT2D eigenvalue weighted by Gasteiger charge is 2.14. The first-order valence-electron chi connectivity index (χ1n) is 7.11. The largest absolute Gasteiger partial charge is 0.395 e. The van der Waals surface area contributed by atoms with Crippen LogP contribution in [-0.2, 0) is 0 Å². The molecule has 5 N–H and O–H groups in total. The summed E-state index contributed by atoms with van der Waals surface area (Å²) in [6.45, 7) is 2.93. The third kappa shape index (κ3) is 4.04. The summed E-state index contributed by atoms with van der Waals surface area (Å²) in [7, 11) is 0. The van der Waals surface area contributed by atoms with Crippen molar-refractivity contribution in [3.63, 3.8) is 0 Å². The molecule has 2 aromatic rings. The summed E-state index contributed by atoms with van der Waals surface area (Å²) in [6, 6.07) is 5.03. The van der Waals surface area contributed by atoms with Gasteiger partial charge in [-0.05, 0) is 19.1 Å². The molecule has 1 amide bonds. The number of amides is 1. The van der Waals surface area contributed by atoms with E-state index in [1.54, 1.807) is 18.2 Å². The minimum Gasteiger partial charge on any atom is -0.395 e. The smallest absolute Gasteiger partial charge is 0.288 e. The van der Waals surface area contributed by atoms with Crippen molar-refractivity contribution in [1.29, 1.82) is 0 Å². The Morgan fingerprint density at radius 1 is 1.35 bits per heavy atom. The van der Waals surface area contributed by atoms with Crippen molar-refractivity contribution in [2.45, 2.75) is 6.92 Å². The van der Waals surface area contributed by atoms with Gasteiger partial charge in [-0.3, -0.25) is 20.6 Å². The molecule has 9 heteroatoms. The van der Waals surface area contributed by atoms with Gasteiger partial charge in [0.2, 0.25) is 0 Å². The van der Waals surface area contributed by atoms with Gasteiger partial charge in [0.25, 0.3) is 5.91 Å². The predicted octanol–water partition coefficient (Wildman–Crippen LogP) is 0.0293. The molecule has 23 heavy (non-hydrogen) atoms. The number of hydrogen-bond donors (Lipinski definition) is 4. The molecule has 0 bridgehead atoms. The molecular formula is C14H19N7O2. The van der Waals surface area contributed by atoms with Crippen molar-refractivity contribution in [3.8, 4) is 0 Å². The SMILES string of the molecule is CCN(CCO)c1ncnc(NNC(=O)c2ccccn2)c1N. The monoisotopic (exact) mass is 317 g/mol. The maximum atomic E-state index is 11.9. The van der Waals surface area contributed by atoms with Gasteiger partial charge in [0.05, 0.1) is 6.61 Å². The lowest BCUT2D eigenvalue weighted by atomic mass is 10.3. The lowest BCUT2D eigenvalue weighted by molar-refractivity contribution is 0.0957. The van der Waals surface area contributed by atoms with Crippen molar-refractivity contribution < 1.29 is 9.90 Å². The average Bonchev–Trinajstić information content (AvgIpc) is 2.59. The number of pyridine rings is 1. The molecule has 0 atom stereocenters. The molecule has 0 saturated heterocycles. The van der Waals surface area contributed by atoms with E-state index in [0.29, 0.717) is 18.9 Å². The van der Waals surface area contributed by atoms with Crippen LogP contribution in [0, 0.1) is 0 Å². The number of nitrogens with zero attached hydrogens (tertiary/aromatic N) is 4. The molecule has 0 saturated carbocycles. The molecule has 0 aliphatic heterocycles. The van der Waals surface area contributed by atoms with Crippen LogP contribution in [0.25, 0.3) is 0 Å². The number of aromatic nitrogens is 3. The van der Waals surface area contributed by atoms with E-state index in [1.165, 1.54) is 12.5 Å². The highest BCUT2D eigenvalue weighted by Crippen LogP contribution is 2.25. The molecule has 122 valence electrons. The molecule has 2 heterocycles. The normalized spacial score (nSPS) is 10.2. The summed E-state index contributed by atoms with van der Waals surface area (Å²) in [6.07, 6.45) is 2.86. The Kier molecular flexibility index (Phi) is 5.64. The summed E-state index contributed by atoms with van der Waals surface area (Å²) >= 11 is 0. The van der Waals surface area contributed by atoms with E-state index < -0.39 is 5.91 Å². The molecule has 0 unspecified atom stereocenters. The van der Waals surface area contributed by atoms with E-state index in [0.717, 1.165) is 0 Å². The minimum absolute atomic E-state index is 0.0174. The Labute approximate surface area is 133 Å². The van der Waals surface area contributed by atoms with E-state index in [9.17, 15) is 4.79 Å². The fourth-order valence-corrected chi connectivity index (χ4v) is 1.95. The minimum atomic E-state index is -0.409. The maximum absolute atomic E-state index is 11.9. The molecule has 9 nitrogen and oxygen atoms in total. The number of aliphatic hydroxyl groups excluding tert-OH is 1. The molecule has 0 aromatic carbocycles. The second kappa shape index (κ2) is 7.90. The number of anilines is 3. The number of nitrogens with one attached hydrogen (secondary N) is 2. The summed E-state index contributed by atoms with van der Waals surface area (Å²) < 4.78 is 0. The highest BCUT2D eigenvalue weighted by atomic mass is 16.3. The van der Waals surface area contributed by atoms with Crippen LogP contribution >= 0.6 is 0 Å². The predicted molar refractivity (Wildman–Crippen MR) is 86.7 cm³/mol. The van der Waals surface area contributed by atoms with Gasteiger partial charge in [-0.2, -0.15) is 0 Å². The van der Waals surface area contributed by atoms with Gasteiger partial charge < -0.3 is 15.7 Å². The van der Waals surface area contributed by atoms with Gasteiger partial charge in [-0.15, -0.1) is 0 Å². The molecule has 0 aliphatic rings. The Morgan fingerprint density at radius 2 is 2.17 bits per heavy atom. The van der Waals surface area contributed by atoms with Crippen LogP contribution in [0.2, 0.25) is 0 Å². The van der Waals surface area contributed by atoms with Gasteiger partial charge in [-0.1, -0.05) is 6.07 Å². The fourth-order valence-electron chi connectivity index (χ4n) is 1.95. The Balaban J connectivity index is 2.10. The zero-order valence-corrected chi connectivity index (χ0v) is 12.7. The second-order valence-corrected chi connectivity index (χ2v) is 4.56. The van der Waals surface area contributed by atoms with Crippen LogP contribution in [-0.4, -0.2) is 45.7 Å². The number of aliphatic hydroxyl groups is 1. The molecule has 0 fully saturated rings. The molecule has 2 rings (SSSR count). The number of hydrogen-bond acceptors (Lipinski definition) is 8. The van der Waals surface area contributed by atoms with Crippen LogP contribution in [0.15, 0.2) is 30.7 Å². The number of likely N-dealkylation sites (N-methyl/N-ethyl adjacent to an activating group) is 1. The number of hydrazine groups is 1. The molecule has 0 aliphatic carbocycles. The van der Waals surface area contributed by atoms with Gasteiger partial charge in [0.1, 0.15) is 17.7 Å². The number of nitrogen functional groups attached to an aromatic ring is 1. The van der Waals surface area contributed by atoms with E-state index in [-0.39, 0.29) is 23.8 Å². The zero-order chi connectivity index (χ0) is 16.7. The molecule has 2 aromatic heterocycles. The number of nitrogens with two attached hydrogens (primary N) is 1. The standard InChI is InChI=1S/C14H19N7O2/c1-2-21(7-8-22)13-11(15)12(17-9-18-13)19-20-14(23)10-5-3-4-6-16-10/h3-6,9,22H,2,7-8,15H2,1H3,(H,20,23)(H,17,18,19). The summed E-state index contributed by atoms with van der Waals surface area (Å²) in [5.74, 6) is 0.356. The van der Waals surface area contributed by atoms with Crippen molar-refractivity contribution >= 4 is 23.2 Å². The second-order valence-electron chi connectivity index (χ2n) is 4.56. The number of carbonyl (C=O) groups is 1. The van der Waals surface area contributed by atoms with E-state index in [4.69, 9.17) is 10.8 Å². The summed E-state index contributed by atoms with van der Waals surface area (Å²) in [5, 5.41) is 9.09. The van der Waals surface area contributed by atoms with E-state index in [1.807, 2.05) is 11.8 Å². The van der Waals surface area contributed by atoms with Gasteiger partial charge in [0.15, 0.2) is 11.6 Å². The maximum Gasteiger partial charge on any atom is 0.288 e. The third-order valence-electron chi connectivity index (χ3n) is 3.11. The number of rotatable bonds is 7. The van der Waals surface area contributed by atoms with Crippen molar-refractivity contribution in [1.82, 2.24) is 20.4 Å². The van der Waals surface area contributed by atoms with E-state index >= 15 is 0 Å². The lowest BCUT2D eigenvalue weighted by Crippen LogP contribution is -2.32. The van der Waals surface area contributed by atoms with Crippen molar-refractivity contribution in [2.24, 2.45) is 0 Å². The average molecular weight is 317 g/mol. The highest BCUT2D eigenvalue weighted by molar-refractivity contribution is 5.93. The lowest BCUT2D eigenvalue weighted by Gasteiger charge is -2.23. The Morgan fingerprint density at radius 3 is 2.83 bits per heavy atom. The Hall–Kier alpha value is -2.94. The molecular weight excluding hydrogens is 298 g/mol. The molecule has 0 spiro atoms. The first-order valence-corrected chi connectivity index (χ1v) is 7.11. The fraction of sp³-hybridized carbons (Fsp3) is 0.286. The quantitative estimate of drug-likeness (QED) is 0.526. The zero-order valence-electron chi connectivity index (χ0n) is 12.7. The van der Waals surface area contributed by atoms with Crippen molar-refractivity contribution in [3.05, 3.63) is 36.4 Å². The van der Waals surface area contributed by atoms with E-state index in [2.05, 4.69) is 25.8 Å². The van der Waals surface area contributed by atoms with Crippen LogP contribution < -0.4 is 21.5 Å². The van der Waals surface area contributed by atoms with Crippen LogP contribution in [0.3, 0.4) is 0 Å². The third-order valence-corrected chi connectivity index (χ3v) is 3.11. The van der Waals surface area contributed by atoms with Crippen LogP contribution in [0.5, 0.6) is 0 Å². The number of carbonyl (C=O) groups excluding carboxylic acids is 1. The van der Waals surface area contributed by atoms with Gasteiger partial charge in [-0.25, -0.2) is 9.97 Å². The first-order chi connectivity index (χ1) is 11.2. The molecule has 0 radical (unpaired) electrons. The Bertz CT molecular complexity index is 651. The first kappa shape index (κ1) is 16.4. The van der Waals surface area contributed by atoms with Gasteiger partial charge >= 0.3 is 0 Å². The van der Waals surface area contributed by atoms with Crippen LogP contribution in [0.1, 0.15) is 17.4 Å². The summed E-state index contributed by atoms with van der Waals surface area (Å²) in [5.41, 5.74) is 11.7. The van der Waals surface area contributed by atoms with Gasteiger partial charge in [0, 0.05) is 19.3 Å². The summed E-state index contributed by atoms with van der Waals surface area (Å²) in [4.78, 5) is 25.8. The van der Waals surface area contributed by atoms with Crippen molar-refractivity contribution in [2.75, 3.05) is 35.8 Å². The van der Waals surface area contributed by atoms with Crippen LogP contribution in [0.4, 0.5) is 17.3 Å². The topological polar surface area (TPSA) is 129 Å².